The van der Waals surface area contributed by atoms with Crippen LogP contribution in [0.3, 0.4) is 0 Å². The van der Waals surface area contributed by atoms with Crippen molar-refractivity contribution in [1.82, 2.24) is 4.57 Å². The molecule has 3 rings (SSSR count). The predicted octanol–water partition coefficient (Wildman–Crippen LogP) is 3.05. The summed E-state index contributed by atoms with van der Waals surface area (Å²) in [6, 6.07) is 8.41. The number of methoxy groups -OCH3 is 2. The molecule has 2 aromatic heterocycles. The van der Waals surface area contributed by atoms with Gasteiger partial charge in [-0.15, -0.1) is 11.3 Å². The lowest BCUT2D eigenvalue weighted by Crippen LogP contribution is -2.22. The first-order valence-corrected chi connectivity index (χ1v) is 10.0. The molecule has 10 heteroatoms. The van der Waals surface area contributed by atoms with Gasteiger partial charge in [0.15, 0.2) is 4.80 Å². The van der Waals surface area contributed by atoms with Crippen LogP contribution in [0.25, 0.3) is 10.2 Å². The summed E-state index contributed by atoms with van der Waals surface area (Å²) in [4.78, 5) is 41.3. The second-order valence-corrected chi connectivity index (χ2v) is 8.42. The number of nitrogens with zero attached hydrogens (tertiary/aromatic N) is 2. The SMILES string of the molecule is COC(=O)Cn1c(=NC(=O)Cc2ccc(Cl)s2)sc2cc(C(=O)OC)ccc21. The zero-order valence-corrected chi connectivity index (χ0v) is 17.3. The largest absolute Gasteiger partial charge is 0.468 e. The first-order valence-electron chi connectivity index (χ1n) is 8.01. The topological polar surface area (TPSA) is 87.0 Å². The highest BCUT2D eigenvalue weighted by atomic mass is 35.5. The maximum absolute atomic E-state index is 12.4. The lowest BCUT2D eigenvalue weighted by Gasteiger charge is -2.04. The molecule has 0 unspecified atom stereocenters. The second-order valence-electron chi connectivity index (χ2n) is 5.61. The maximum atomic E-state index is 12.4. The Morgan fingerprint density at radius 3 is 2.54 bits per heavy atom. The van der Waals surface area contributed by atoms with Crippen molar-refractivity contribution in [2.75, 3.05) is 14.2 Å². The molecule has 0 spiro atoms. The van der Waals surface area contributed by atoms with E-state index in [2.05, 4.69) is 4.99 Å². The minimum Gasteiger partial charge on any atom is -0.468 e. The van der Waals surface area contributed by atoms with E-state index in [1.54, 1.807) is 34.9 Å². The number of carbonyl (C=O) groups excluding carboxylic acids is 3. The number of hydrogen-bond donors (Lipinski definition) is 0. The molecular formula is C18H15ClN2O5S2. The summed E-state index contributed by atoms with van der Waals surface area (Å²) < 4.78 is 12.4. The molecule has 0 bridgehead atoms. The number of halogens is 1. The Morgan fingerprint density at radius 1 is 1.11 bits per heavy atom. The maximum Gasteiger partial charge on any atom is 0.337 e. The second kappa shape index (κ2) is 8.68. The number of aromatic nitrogens is 1. The number of thiophene rings is 1. The fourth-order valence-electron chi connectivity index (χ4n) is 2.49. The van der Waals surface area contributed by atoms with Crippen LogP contribution >= 0.6 is 34.3 Å². The highest BCUT2D eigenvalue weighted by Gasteiger charge is 2.15. The van der Waals surface area contributed by atoms with Gasteiger partial charge in [-0.1, -0.05) is 22.9 Å². The monoisotopic (exact) mass is 438 g/mol. The summed E-state index contributed by atoms with van der Waals surface area (Å²) >= 11 is 8.41. The van der Waals surface area contributed by atoms with E-state index < -0.39 is 11.9 Å². The third-order valence-corrected chi connectivity index (χ3v) is 6.07. The molecule has 0 radical (unpaired) electrons. The molecular weight excluding hydrogens is 424 g/mol. The normalized spacial score (nSPS) is 11.6. The van der Waals surface area contributed by atoms with Crippen molar-refractivity contribution in [3.05, 3.63) is 49.9 Å². The van der Waals surface area contributed by atoms with Gasteiger partial charge in [0.05, 0.1) is 40.8 Å². The average Bonchev–Trinajstić information content (AvgIpc) is 3.23. The van der Waals surface area contributed by atoms with Crippen molar-refractivity contribution in [1.29, 1.82) is 0 Å². The Morgan fingerprint density at radius 2 is 1.89 bits per heavy atom. The summed E-state index contributed by atoms with van der Waals surface area (Å²) in [6.07, 6.45) is 0.108. The van der Waals surface area contributed by atoms with Gasteiger partial charge in [0, 0.05) is 4.88 Å². The summed E-state index contributed by atoms with van der Waals surface area (Å²) in [7, 11) is 2.59. The van der Waals surface area contributed by atoms with Crippen LogP contribution in [0.2, 0.25) is 4.34 Å². The third-order valence-electron chi connectivity index (χ3n) is 3.79. The van der Waals surface area contributed by atoms with Gasteiger partial charge in [-0.05, 0) is 30.3 Å². The molecule has 0 saturated carbocycles. The molecule has 2 heterocycles. The molecule has 28 heavy (non-hydrogen) atoms. The number of carbonyl (C=O) groups is 3. The Balaban J connectivity index is 2.05. The third kappa shape index (κ3) is 4.49. The molecule has 7 nitrogen and oxygen atoms in total. The van der Waals surface area contributed by atoms with Gasteiger partial charge in [-0.3, -0.25) is 9.59 Å². The number of fused-ring (bicyclic) bond motifs is 1. The van der Waals surface area contributed by atoms with Gasteiger partial charge < -0.3 is 14.0 Å². The highest BCUT2D eigenvalue weighted by Crippen LogP contribution is 2.22. The smallest absolute Gasteiger partial charge is 0.337 e. The quantitative estimate of drug-likeness (QED) is 0.571. The van der Waals surface area contributed by atoms with Crippen LogP contribution in [0, 0.1) is 0 Å². The van der Waals surface area contributed by atoms with E-state index in [0.29, 0.717) is 24.9 Å². The lowest BCUT2D eigenvalue weighted by atomic mass is 10.2. The zero-order valence-electron chi connectivity index (χ0n) is 14.9. The van der Waals surface area contributed by atoms with E-state index in [-0.39, 0.29) is 18.9 Å². The number of hydrogen-bond acceptors (Lipinski definition) is 7. The number of rotatable bonds is 5. The molecule has 0 N–H and O–H groups in total. The van der Waals surface area contributed by atoms with E-state index in [1.165, 1.54) is 36.9 Å². The van der Waals surface area contributed by atoms with Crippen LogP contribution in [0.4, 0.5) is 0 Å². The molecule has 0 aliphatic carbocycles. The fourth-order valence-corrected chi connectivity index (χ4v) is 4.66. The first kappa shape index (κ1) is 20.2. The van der Waals surface area contributed by atoms with Crippen molar-refractivity contribution >= 4 is 62.3 Å². The van der Waals surface area contributed by atoms with Crippen LogP contribution in [0.15, 0.2) is 35.3 Å². The Hall–Kier alpha value is -2.49. The Bertz CT molecular complexity index is 1130. The van der Waals surface area contributed by atoms with Crippen LogP contribution in [-0.4, -0.2) is 36.6 Å². The van der Waals surface area contributed by atoms with Crippen molar-refractivity contribution in [3.63, 3.8) is 0 Å². The summed E-state index contributed by atoms with van der Waals surface area (Å²) in [5.41, 5.74) is 1.03. The number of amides is 1. The van der Waals surface area contributed by atoms with Crippen LogP contribution in [-0.2, 0) is 32.0 Å². The minimum absolute atomic E-state index is 0.106. The van der Waals surface area contributed by atoms with Crippen LogP contribution in [0.5, 0.6) is 0 Å². The summed E-state index contributed by atoms with van der Waals surface area (Å²) in [5.74, 6) is -1.31. The van der Waals surface area contributed by atoms with Gasteiger partial charge >= 0.3 is 11.9 Å². The molecule has 0 atom stereocenters. The van der Waals surface area contributed by atoms with E-state index in [4.69, 9.17) is 21.1 Å². The number of thiazole rings is 1. The van der Waals surface area contributed by atoms with E-state index in [1.807, 2.05) is 0 Å². The highest BCUT2D eigenvalue weighted by molar-refractivity contribution is 7.16. The Kier molecular flexibility index (Phi) is 6.28. The molecule has 1 amide bonds. The van der Waals surface area contributed by atoms with E-state index >= 15 is 0 Å². The molecule has 0 aliphatic heterocycles. The van der Waals surface area contributed by atoms with Crippen molar-refractivity contribution < 1.29 is 23.9 Å². The molecule has 1 aromatic carbocycles. The van der Waals surface area contributed by atoms with E-state index in [0.717, 1.165) is 4.88 Å². The summed E-state index contributed by atoms with van der Waals surface area (Å²) in [6.45, 7) is -0.106. The van der Waals surface area contributed by atoms with Gasteiger partial charge in [0.2, 0.25) is 0 Å². The number of benzene rings is 1. The van der Waals surface area contributed by atoms with Crippen LogP contribution < -0.4 is 4.80 Å². The van der Waals surface area contributed by atoms with Crippen molar-refractivity contribution in [3.8, 4) is 0 Å². The molecule has 0 fully saturated rings. The number of esters is 2. The Labute approximate surface area is 172 Å². The molecule has 0 saturated heterocycles. The zero-order chi connectivity index (χ0) is 20.3. The van der Waals surface area contributed by atoms with Gasteiger partial charge in [0.25, 0.3) is 5.91 Å². The molecule has 146 valence electrons. The predicted molar refractivity (Wildman–Crippen MR) is 107 cm³/mol. The van der Waals surface area contributed by atoms with Gasteiger partial charge in [0.1, 0.15) is 6.54 Å². The minimum atomic E-state index is -0.476. The van der Waals surface area contributed by atoms with Crippen LogP contribution in [0.1, 0.15) is 15.2 Å². The first-order chi connectivity index (χ1) is 13.4. The van der Waals surface area contributed by atoms with Gasteiger partial charge in [-0.25, -0.2) is 4.79 Å². The van der Waals surface area contributed by atoms with Crippen molar-refractivity contribution in [2.24, 2.45) is 4.99 Å². The number of ether oxygens (including phenoxy) is 2. The average molecular weight is 439 g/mol. The fraction of sp³-hybridized carbons (Fsp3) is 0.222. The standard InChI is InChI=1S/C18H15ClN2O5S2/c1-25-16(23)9-21-12-5-3-10(17(24)26-2)7-13(12)28-18(21)20-15(22)8-11-4-6-14(19)27-11/h3-7H,8-9H2,1-2H3. The van der Waals surface area contributed by atoms with Crippen molar-refractivity contribution in [2.45, 2.75) is 13.0 Å². The van der Waals surface area contributed by atoms with E-state index in [9.17, 15) is 14.4 Å². The lowest BCUT2D eigenvalue weighted by molar-refractivity contribution is -0.141. The molecule has 3 aromatic rings. The summed E-state index contributed by atoms with van der Waals surface area (Å²) in [5, 5.41) is 0. The molecule has 0 aliphatic rings. The van der Waals surface area contributed by atoms with Gasteiger partial charge in [-0.2, -0.15) is 4.99 Å².